The van der Waals surface area contributed by atoms with E-state index in [9.17, 15) is 9.59 Å². The lowest BCUT2D eigenvalue weighted by atomic mass is 10.1. The fourth-order valence-corrected chi connectivity index (χ4v) is 2.22. The van der Waals surface area contributed by atoms with Crippen molar-refractivity contribution in [2.45, 2.75) is 19.9 Å². The summed E-state index contributed by atoms with van der Waals surface area (Å²) in [6.07, 6.45) is 0.717. The van der Waals surface area contributed by atoms with E-state index < -0.39 is 0 Å². The van der Waals surface area contributed by atoms with E-state index in [4.69, 9.17) is 0 Å². The van der Waals surface area contributed by atoms with Crippen LogP contribution < -0.4 is 5.43 Å². The van der Waals surface area contributed by atoms with E-state index in [1.165, 1.54) is 10.6 Å². The van der Waals surface area contributed by atoms with E-state index in [1.807, 2.05) is 31.2 Å². The van der Waals surface area contributed by atoms with Crippen LogP contribution in [0.3, 0.4) is 0 Å². The number of nitrogens with one attached hydrogen (secondary N) is 1. The van der Waals surface area contributed by atoms with Crippen molar-refractivity contribution in [3.63, 3.8) is 0 Å². The molecule has 2 fully saturated rings. The summed E-state index contributed by atoms with van der Waals surface area (Å²) in [5.41, 5.74) is 4.88. The van der Waals surface area contributed by atoms with Crippen LogP contribution in [0.15, 0.2) is 24.3 Å². The molecule has 0 aromatic heterocycles. The molecule has 1 saturated carbocycles. The zero-order valence-corrected chi connectivity index (χ0v) is 9.64. The molecule has 1 aromatic carbocycles. The number of carbonyl (C=O) groups is 2. The molecule has 0 bridgehead atoms. The Labute approximate surface area is 99.6 Å². The van der Waals surface area contributed by atoms with Crippen LogP contribution in [0.4, 0.5) is 0 Å². The van der Waals surface area contributed by atoms with Crippen molar-refractivity contribution in [2.24, 2.45) is 11.8 Å². The van der Waals surface area contributed by atoms with Crippen LogP contribution in [-0.2, 0) is 16.1 Å². The van der Waals surface area contributed by atoms with Gasteiger partial charge in [0.05, 0.1) is 18.4 Å². The predicted octanol–water partition coefficient (Wildman–Crippen LogP) is 1.00. The molecule has 3 rings (SSSR count). The van der Waals surface area contributed by atoms with Crippen molar-refractivity contribution in [1.29, 1.82) is 0 Å². The first-order valence-electron chi connectivity index (χ1n) is 5.82. The highest BCUT2D eigenvalue weighted by molar-refractivity contribution is 5.97. The molecule has 1 aliphatic heterocycles. The third-order valence-electron chi connectivity index (χ3n) is 3.42. The van der Waals surface area contributed by atoms with Gasteiger partial charge in [-0.05, 0) is 18.9 Å². The molecule has 4 heteroatoms. The lowest BCUT2D eigenvalue weighted by Crippen LogP contribution is -2.51. The summed E-state index contributed by atoms with van der Waals surface area (Å²) in [4.78, 5) is 23.4. The first-order chi connectivity index (χ1) is 8.15. The number of nitrogens with zero attached hydrogens (tertiary/aromatic N) is 1. The number of carbonyl (C=O) groups excluding carboxylic acids is 2. The molecule has 1 heterocycles. The largest absolute Gasteiger partial charge is 0.273 e. The molecule has 0 spiro atoms. The maximum absolute atomic E-state index is 11.9. The second kappa shape index (κ2) is 3.58. The molecule has 0 radical (unpaired) electrons. The van der Waals surface area contributed by atoms with Crippen molar-refractivity contribution < 1.29 is 9.59 Å². The molecular weight excluding hydrogens is 216 g/mol. The Hall–Kier alpha value is -1.84. The van der Waals surface area contributed by atoms with Gasteiger partial charge in [-0.2, -0.15) is 0 Å². The third kappa shape index (κ3) is 1.79. The number of benzene rings is 1. The van der Waals surface area contributed by atoms with Crippen LogP contribution in [0.25, 0.3) is 0 Å². The van der Waals surface area contributed by atoms with Gasteiger partial charge in [0.25, 0.3) is 0 Å². The second-order valence-electron chi connectivity index (χ2n) is 4.83. The fourth-order valence-electron chi connectivity index (χ4n) is 2.22. The number of hydrogen-bond donors (Lipinski definition) is 1. The van der Waals surface area contributed by atoms with Crippen molar-refractivity contribution in [3.8, 4) is 0 Å². The maximum Gasteiger partial charge on any atom is 0.245 e. The number of hydrogen-bond acceptors (Lipinski definition) is 2. The fraction of sp³-hybridized carbons (Fsp3) is 0.385. The minimum Gasteiger partial charge on any atom is -0.273 e. The monoisotopic (exact) mass is 230 g/mol. The van der Waals surface area contributed by atoms with Gasteiger partial charge in [-0.15, -0.1) is 0 Å². The van der Waals surface area contributed by atoms with Crippen LogP contribution in [0.1, 0.15) is 17.5 Å². The van der Waals surface area contributed by atoms with Crippen molar-refractivity contribution in [1.82, 2.24) is 10.4 Å². The summed E-state index contributed by atoms with van der Waals surface area (Å²) < 4.78 is 0. The molecule has 1 N–H and O–H groups in total. The molecule has 2 aliphatic rings. The molecule has 2 amide bonds. The Morgan fingerprint density at radius 1 is 1.24 bits per heavy atom. The summed E-state index contributed by atoms with van der Waals surface area (Å²) in [6.45, 7) is 2.47. The average Bonchev–Trinajstić information content (AvgIpc) is 3.09. The molecule has 2 atom stereocenters. The predicted molar refractivity (Wildman–Crippen MR) is 61.5 cm³/mol. The topological polar surface area (TPSA) is 49.4 Å². The SMILES string of the molecule is Cc1ccc(CN2NC(=O)C3CC3C2=O)cc1. The first kappa shape index (κ1) is 10.3. The number of amides is 2. The van der Waals surface area contributed by atoms with Gasteiger partial charge >= 0.3 is 0 Å². The van der Waals surface area contributed by atoms with E-state index in [1.54, 1.807) is 0 Å². The lowest BCUT2D eigenvalue weighted by Gasteiger charge is -2.26. The Morgan fingerprint density at radius 2 is 1.94 bits per heavy atom. The molecule has 1 aromatic rings. The molecule has 2 unspecified atom stereocenters. The van der Waals surface area contributed by atoms with Gasteiger partial charge in [-0.25, -0.2) is 5.01 Å². The highest BCUT2D eigenvalue weighted by Crippen LogP contribution is 2.42. The Kier molecular flexibility index (Phi) is 2.18. The van der Waals surface area contributed by atoms with E-state index >= 15 is 0 Å². The third-order valence-corrected chi connectivity index (χ3v) is 3.42. The summed E-state index contributed by atoms with van der Waals surface area (Å²) in [7, 11) is 0. The highest BCUT2D eigenvalue weighted by atomic mass is 16.2. The minimum absolute atomic E-state index is 0.0123. The lowest BCUT2D eigenvalue weighted by molar-refractivity contribution is -0.148. The van der Waals surface area contributed by atoms with Crippen molar-refractivity contribution in [3.05, 3.63) is 35.4 Å². The van der Waals surface area contributed by atoms with Gasteiger partial charge in [-0.3, -0.25) is 15.0 Å². The summed E-state index contributed by atoms with van der Waals surface area (Å²) in [5, 5.41) is 1.45. The average molecular weight is 230 g/mol. The van der Waals surface area contributed by atoms with Gasteiger partial charge in [0, 0.05) is 0 Å². The molecule has 4 nitrogen and oxygen atoms in total. The van der Waals surface area contributed by atoms with Crippen LogP contribution in [0.2, 0.25) is 0 Å². The van der Waals surface area contributed by atoms with Gasteiger partial charge in [0.1, 0.15) is 0 Å². The number of fused-ring (bicyclic) bond motifs is 1. The first-order valence-corrected chi connectivity index (χ1v) is 5.82. The molecule has 1 aliphatic carbocycles. The molecule has 1 saturated heterocycles. The summed E-state index contributed by atoms with van der Waals surface area (Å²) >= 11 is 0. The standard InChI is InChI=1S/C13H14N2O2/c1-8-2-4-9(5-3-8)7-15-13(17)11-6-10(11)12(16)14-15/h2-5,10-11H,6-7H2,1H3,(H,14,16). The van der Waals surface area contributed by atoms with Crippen LogP contribution in [0.5, 0.6) is 0 Å². The highest BCUT2D eigenvalue weighted by Gasteiger charge is 2.53. The number of rotatable bonds is 2. The quantitative estimate of drug-likeness (QED) is 0.824. The van der Waals surface area contributed by atoms with E-state index in [-0.39, 0.29) is 23.7 Å². The maximum atomic E-state index is 11.9. The Morgan fingerprint density at radius 3 is 2.65 bits per heavy atom. The zero-order valence-electron chi connectivity index (χ0n) is 9.64. The number of hydrazine groups is 1. The van der Waals surface area contributed by atoms with E-state index in [0.29, 0.717) is 6.54 Å². The van der Waals surface area contributed by atoms with Gasteiger partial charge in [0.15, 0.2) is 0 Å². The number of aryl methyl sites for hydroxylation is 1. The minimum atomic E-state index is -0.0609. The zero-order chi connectivity index (χ0) is 12.0. The van der Waals surface area contributed by atoms with E-state index in [0.717, 1.165) is 12.0 Å². The molecule has 17 heavy (non-hydrogen) atoms. The second-order valence-corrected chi connectivity index (χ2v) is 4.83. The van der Waals surface area contributed by atoms with Gasteiger partial charge in [-0.1, -0.05) is 29.8 Å². The van der Waals surface area contributed by atoms with Gasteiger partial charge < -0.3 is 0 Å². The van der Waals surface area contributed by atoms with Gasteiger partial charge in [0.2, 0.25) is 11.8 Å². The molecular formula is C13H14N2O2. The van der Waals surface area contributed by atoms with Crippen molar-refractivity contribution in [2.75, 3.05) is 0 Å². The van der Waals surface area contributed by atoms with Crippen molar-refractivity contribution >= 4 is 11.8 Å². The Bertz CT molecular complexity index is 481. The van der Waals surface area contributed by atoms with E-state index in [2.05, 4.69) is 5.43 Å². The van der Waals surface area contributed by atoms with Crippen LogP contribution in [0, 0.1) is 18.8 Å². The normalized spacial score (nSPS) is 26.5. The molecule has 88 valence electrons. The summed E-state index contributed by atoms with van der Waals surface area (Å²) in [6, 6.07) is 7.97. The summed E-state index contributed by atoms with van der Waals surface area (Å²) in [5.74, 6) is -0.0807. The van der Waals surface area contributed by atoms with Crippen LogP contribution in [-0.4, -0.2) is 16.8 Å². The van der Waals surface area contributed by atoms with Crippen LogP contribution >= 0.6 is 0 Å². The Balaban J connectivity index is 1.74. The smallest absolute Gasteiger partial charge is 0.245 e.